The predicted molar refractivity (Wildman–Crippen MR) is 89.5 cm³/mol. The van der Waals surface area contributed by atoms with Crippen LogP contribution in [0.2, 0.25) is 0 Å². The van der Waals surface area contributed by atoms with Crippen molar-refractivity contribution in [1.29, 1.82) is 0 Å². The van der Waals surface area contributed by atoms with Crippen LogP contribution in [-0.2, 0) is 16.6 Å². The van der Waals surface area contributed by atoms with Gasteiger partial charge in [0.05, 0.1) is 5.52 Å². The van der Waals surface area contributed by atoms with E-state index in [0.29, 0.717) is 12.1 Å². The maximum absolute atomic E-state index is 12.8. The second kappa shape index (κ2) is 5.79. The Morgan fingerprint density at radius 2 is 2.05 bits per heavy atom. The number of benzene rings is 1. The maximum Gasteiger partial charge on any atom is 0.245 e. The molecule has 0 unspecified atom stereocenters. The zero-order valence-corrected chi connectivity index (χ0v) is 14.0. The van der Waals surface area contributed by atoms with E-state index in [2.05, 4.69) is 4.98 Å². The van der Waals surface area contributed by atoms with Gasteiger partial charge in [0, 0.05) is 30.1 Å². The van der Waals surface area contributed by atoms with Gasteiger partial charge in [0.2, 0.25) is 10.0 Å². The highest BCUT2D eigenvalue weighted by atomic mass is 32.2. The average Bonchev–Trinajstić information content (AvgIpc) is 2.99. The van der Waals surface area contributed by atoms with Gasteiger partial charge in [-0.25, -0.2) is 8.42 Å². The first-order chi connectivity index (χ1) is 10.5. The third-order valence-corrected chi connectivity index (χ3v) is 6.15. The van der Waals surface area contributed by atoms with Gasteiger partial charge in [-0.3, -0.25) is 4.98 Å². The minimum atomic E-state index is -3.58. The van der Waals surface area contributed by atoms with Crippen molar-refractivity contribution in [3.63, 3.8) is 0 Å². The molecule has 0 atom stereocenters. The maximum atomic E-state index is 12.8. The number of hydrogen-bond donors (Lipinski definition) is 0. The number of aryl methyl sites for hydroxylation is 1. The first-order valence-electron chi connectivity index (χ1n) is 6.82. The molecule has 0 aliphatic carbocycles. The molecule has 0 saturated heterocycles. The number of aromatic nitrogens is 1. The third kappa shape index (κ3) is 2.77. The normalized spacial score (nSPS) is 12.1. The molecule has 2 heterocycles. The molecule has 0 aliphatic rings. The summed E-state index contributed by atoms with van der Waals surface area (Å²) in [6, 6.07) is 11.1. The highest BCUT2D eigenvalue weighted by Gasteiger charge is 2.24. The third-order valence-electron chi connectivity index (χ3n) is 3.46. The fourth-order valence-electron chi connectivity index (χ4n) is 2.33. The molecule has 0 saturated carbocycles. The summed E-state index contributed by atoms with van der Waals surface area (Å²) in [6.07, 6.45) is 1.70. The minimum absolute atomic E-state index is 0.254. The lowest BCUT2D eigenvalue weighted by Crippen LogP contribution is -2.26. The Balaban J connectivity index is 2.05. The van der Waals surface area contributed by atoms with Gasteiger partial charge in [-0.15, -0.1) is 11.3 Å². The number of thiophene rings is 1. The van der Waals surface area contributed by atoms with E-state index in [1.807, 2.05) is 36.6 Å². The molecule has 114 valence electrons. The van der Waals surface area contributed by atoms with E-state index in [0.717, 1.165) is 15.8 Å². The molecule has 0 amide bonds. The van der Waals surface area contributed by atoms with Crippen LogP contribution < -0.4 is 0 Å². The van der Waals surface area contributed by atoms with Gasteiger partial charge in [-0.1, -0.05) is 18.2 Å². The Hall–Kier alpha value is -1.76. The summed E-state index contributed by atoms with van der Waals surface area (Å²) in [7, 11) is -1.98. The summed E-state index contributed by atoms with van der Waals surface area (Å²) in [5, 5.41) is 2.78. The van der Waals surface area contributed by atoms with Crippen LogP contribution in [0.4, 0.5) is 0 Å². The van der Waals surface area contributed by atoms with Gasteiger partial charge in [-0.2, -0.15) is 4.31 Å². The minimum Gasteiger partial charge on any atom is -0.255 e. The fourth-order valence-corrected chi connectivity index (χ4v) is 4.48. The smallest absolute Gasteiger partial charge is 0.245 e. The molecule has 1 aromatic carbocycles. The largest absolute Gasteiger partial charge is 0.255 e. The zero-order valence-electron chi connectivity index (χ0n) is 12.4. The standard InChI is InChI=1S/C16H16N2O2S2/c1-12-9-13-5-3-7-15(16(13)17-10-12)22(19,20)18(2)11-14-6-4-8-21-14/h3-10H,11H2,1-2H3. The van der Waals surface area contributed by atoms with Crippen molar-refractivity contribution in [3.8, 4) is 0 Å². The van der Waals surface area contributed by atoms with E-state index in [1.165, 1.54) is 4.31 Å². The SMILES string of the molecule is Cc1cnc2c(S(=O)(=O)N(C)Cc3cccs3)cccc2c1. The summed E-state index contributed by atoms with van der Waals surface area (Å²) in [4.78, 5) is 5.59. The molecule has 0 radical (unpaired) electrons. The van der Waals surface area contributed by atoms with Crippen molar-refractivity contribution in [2.24, 2.45) is 0 Å². The Bertz CT molecular complexity index is 903. The van der Waals surface area contributed by atoms with Gasteiger partial charge in [0.25, 0.3) is 0 Å². The number of pyridine rings is 1. The number of sulfonamides is 1. The Morgan fingerprint density at radius 1 is 1.23 bits per heavy atom. The average molecular weight is 332 g/mol. The molecule has 6 heteroatoms. The first kappa shape index (κ1) is 15.1. The van der Waals surface area contributed by atoms with E-state index >= 15 is 0 Å². The van der Waals surface area contributed by atoms with Crippen LogP contribution in [0, 0.1) is 6.92 Å². The molecule has 3 aromatic rings. The van der Waals surface area contributed by atoms with Gasteiger partial charge >= 0.3 is 0 Å². The first-order valence-corrected chi connectivity index (χ1v) is 9.14. The van der Waals surface area contributed by atoms with Crippen molar-refractivity contribution in [2.75, 3.05) is 7.05 Å². The fraction of sp³-hybridized carbons (Fsp3) is 0.188. The second-order valence-corrected chi connectivity index (χ2v) is 8.23. The molecule has 0 aliphatic heterocycles. The molecule has 0 bridgehead atoms. The summed E-state index contributed by atoms with van der Waals surface area (Å²) in [5.41, 5.74) is 1.53. The highest BCUT2D eigenvalue weighted by Crippen LogP contribution is 2.25. The molecule has 0 fully saturated rings. The van der Waals surface area contributed by atoms with E-state index in [9.17, 15) is 8.42 Å². The topological polar surface area (TPSA) is 50.3 Å². The van der Waals surface area contributed by atoms with Crippen LogP contribution in [0.25, 0.3) is 10.9 Å². The van der Waals surface area contributed by atoms with Crippen molar-refractivity contribution in [3.05, 3.63) is 58.4 Å². The van der Waals surface area contributed by atoms with Crippen molar-refractivity contribution in [2.45, 2.75) is 18.4 Å². The number of fused-ring (bicyclic) bond motifs is 1. The summed E-state index contributed by atoms with van der Waals surface area (Å²) >= 11 is 1.55. The lowest BCUT2D eigenvalue weighted by molar-refractivity contribution is 0.470. The Labute approximate surface area is 134 Å². The van der Waals surface area contributed by atoms with E-state index in [1.54, 1.807) is 36.7 Å². The van der Waals surface area contributed by atoms with Crippen molar-refractivity contribution in [1.82, 2.24) is 9.29 Å². The van der Waals surface area contributed by atoms with Crippen LogP contribution in [-0.4, -0.2) is 24.8 Å². The van der Waals surface area contributed by atoms with Crippen LogP contribution >= 0.6 is 11.3 Å². The molecule has 0 N–H and O–H groups in total. The number of rotatable bonds is 4. The van der Waals surface area contributed by atoms with Crippen LogP contribution in [0.15, 0.2) is 52.9 Å². The van der Waals surface area contributed by atoms with Crippen LogP contribution in [0.1, 0.15) is 10.4 Å². The molecule has 2 aromatic heterocycles. The van der Waals surface area contributed by atoms with Gasteiger partial charge in [0.1, 0.15) is 4.90 Å². The summed E-state index contributed by atoms with van der Waals surface area (Å²) in [5.74, 6) is 0. The molecule has 4 nitrogen and oxygen atoms in total. The number of nitrogens with zero attached hydrogens (tertiary/aromatic N) is 2. The number of hydrogen-bond acceptors (Lipinski definition) is 4. The quantitative estimate of drug-likeness (QED) is 0.735. The van der Waals surface area contributed by atoms with E-state index < -0.39 is 10.0 Å². The van der Waals surface area contributed by atoms with E-state index in [4.69, 9.17) is 0 Å². The zero-order chi connectivity index (χ0) is 15.7. The number of para-hydroxylation sites is 1. The Morgan fingerprint density at radius 3 is 2.77 bits per heavy atom. The van der Waals surface area contributed by atoms with Crippen molar-refractivity contribution >= 4 is 32.3 Å². The molecule has 0 spiro atoms. The second-order valence-electron chi connectivity index (χ2n) is 5.18. The predicted octanol–water partition coefficient (Wildman–Crippen LogP) is 3.43. The Kier molecular flexibility index (Phi) is 3.99. The molecular formula is C16H16N2O2S2. The highest BCUT2D eigenvalue weighted by molar-refractivity contribution is 7.89. The lowest BCUT2D eigenvalue weighted by Gasteiger charge is -2.17. The van der Waals surface area contributed by atoms with Gasteiger partial charge in [-0.05, 0) is 36.1 Å². The monoisotopic (exact) mass is 332 g/mol. The summed E-state index contributed by atoms with van der Waals surface area (Å²) in [6.45, 7) is 2.30. The van der Waals surface area contributed by atoms with Crippen LogP contribution in [0.3, 0.4) is 0 Å². The van der Waals surface area contributed by atoms with E-state index in [-0.39, 0.29) is 4.90 Å². The molecule has 3 rings (SSSR count). The summed E-state index contributed by atoms with van der Waals surface area (Å²) < 4.78 is 27.1. The van der Waals surface area contributed by atoms with Crippen molar-refractivity contribution < 1.29 is 8.42 Å². The lowest BCUT2D eigenvalue weighted by atomic mass is 10.2. The molecule has 22 heavy (non-hydrogen) atoms. The molecular weight excluding hydrogens is 316 g/mol. The van der Waals surface area contributed by atoms with Gasteiger partial charge in [0.15, 0.2) is 0 Å². The van der Waals surface area contributed by atoms with Crippen LogP contribution in [0.5, 0.6) is 0 Å². The van der Waals surface area contributed by atoms with Gasteiger partial charge < -0.3 is 0 Å².